The molecule has 18 heavy (non-hydrogen) atoms. The van der Waals surface area contributed by atoms with E-state index in [4.69, 9.17) is 4.74 Å². The van der Waals surface area contributed by atoms with Crippen molar-refractivity contribution >= 4 is 48.6 Å². The SMILES string of the molecule is CC(C)(C)OC(=O)Nc1sc2cccnc2c1Br. The molecule has 4 nitrogen and oxygen atoms in total. The summed E-state index contributed by atoms with van der Waals surface area (Å²) in [5, 5.41) is 3.43. The molecule has 0 saturated heterocycles. The lowest BCUT2D eigenvalue weighted by atomic mass is 10.2. The second kappa shape index (κ2) is 4.85. The molecule has 2 rings (SSSR count). The van der Waals surface area contributed by atoms with Gasteiger partial charge in [-0.3, -0.25) is 10.3 Å². The number of nitrogens with one attached hydrogen (secondary N) is 1. The molecule has 0 fully saturated rings. The van der Waals surface area contributed by atoms with Crippen LogP contribution < -0.4 is 5.32 Å². The summed E-state index contributed by atoms with van der Waals surface area (Å²) in [4.78, 5) is 15.9. The summed E-state index contributed by atoms with van der Waals surface area (Å²) in [6, 6.07) is 3.82. The number of halogens is 1. The number of amides is 1. The Kier molecular flexibility index (Phi) is 3.59. The average molecular weight is 329 g/mol. The standard InChI is InChI=1S/C12H13BrN2O2S/c1-12(2,3)17-11(16)15-10-8(13)9-7(18-10)5-4-6-14-9/h4-6H,1-3H3,(H,15,16). The molecule has 0 bridgehead atoms. The van der Waals surface area contributed by atoms with Gasteiger partial charge in [0.2, 0.25) is 0 Å². The van der Waals surface area contributed by atoms with Crippen LogP contribution in [0.5, 0.6) is 0 Å². The number of fused-ring (bicyclic) bond motifs is 1. The average Bonchev–Trinajstić information content (AvgIpc) is 2.54. The molecular formula is C12H13BrN2O2S. The number of thiophene rings is 1. The molecule has 0 saturated carbocycles. The van der Waals surface area contributed by atoms with Crippen LogP contribution in [-0.2, 0) is 4.74 Å². The Hall–Kier alpha value is -1.14. The first kappa shape index (κ1) is 13.3. The summed E-state index contributed by atoms with van der Waals surface area (Å²) >= 11 is 4.89. The smallest absolute Gasteiger partial charge is 0.412 e. The Morgan fingerprint density at radius 3 is 2.83 bits per heavy atom. The lowest BCUT2D eigenvalue weighted by molar-refractivity contribution is 0.0636. The van der Waals surface area contributed by atoms with Crippen LogP contribution in [0.15, 0.2) is 22.8 Å². The number of aromatic nitrogens is 1. The van der Waals surface area contributed by atoms with Crippen LogP contribution in [0.2, 0.25) is 0 Å². The van der Waals surface area contributed by atoms with E-state index in [0.29, 0.717) is 5.00 Å². The summed E-state index contributed by atoms with van der Waals surface area (Å²) in [7, 11) is 0. The van der Waals surface area contributed by atoms with E-state index in [-0.39, 0.29) is 0 Å². The van der Waals surface area contributed by atoms with E-state index in [2.05, 4.69) is 26.2 Å². The van der Waals surface area contributed by atoms with E-state index in [0.717, 1.165) is 14.7 Å². The maximum absolute atomic E-state index is 11.7. The van der Waals surface area contributed by atoms with E-state index >= 15 is 0 Å². The zero-order valence-electron chi connectivity index (χ0n) is 10.3. The number of ether oxygens (including phenoxy) is 1. The fraction of sp³-hybridized carbons (Fsp3) is 0.333. The van der Waals surface area contributed by atoms with Crippen molar-refractivity contribution in [3.63, 3.8) is 0 Å². The second-order valence-corrected chi connectivity index (χ2v) is 6.57. The minimum absolute atomic E-state index is 0.463. The van der Waals surface area contributed by atoms with Crippen molar-refractivity contribution in [1.82, 2.24) is 4.98 Å². The fourth-order valence-electron chi connectivity index (χ4n) is 1.38. The minimum Gasteiger partial charge on any atom is -0.444 e. The van der Waals surface area contributed by atoms with E-state index < -0.39 is 11.7 Å². The fourth-order valence-corrected chi connectivity index (χ4v) is 3.10. The van der Waals surface area contributed by atoms with E-state index in [1.165, 1.54) is 11.3 Å². The number of hydrogen-bond donors (Lipinski definition) is 1. The third kappa shape index (κ3) is 3.00. The molecule has 0 aliphatic heterocycles. The van der Waals surface area contributed by atoms with Crippen LogP contribution in [0.4, 0.5) is 9.80 Å². The van der Waals surface area contributed by atoms with Gasteiger partial charge < -0.3 is 4.74 Å². The molecule has 96 valence electrons. The normalized spacial score (nSPS) is 11.6. The van der Waals surface area contributed by atoms with Gasteiger partial charge in [0.1, 0.15) is 10.6 Å². The summed E-state index contributed by atoms with van der Waals surface area (Å²) in [6.45, 7) is 5.48. The first-order valence-corrected chi connectivity index (χ1v) is 7.01. The highest BCUT2D eigenvalue weighted by atomic mass is 79.9. The summed E-state index contributed by atoms with van der Waals surface area (Å²) in [5.74, 6) is 0. The molecule has 0 aliphatic carbocycles. The zero-order valence-corrected chi connectivity index (χ0v) is 12.7. The van der Waals surface area contributed by atoms with Gasteiger partial charge in [-0.25, -0.2) is 4.79 Å². The number of carbonyl (C=O) groups excluding carboxylic acids is 1. The van der Waals surface area contributed by atoms with Crippen LogP contribution in [0.3, 0.4) is 0 Å². The van der Waals surface area contributed by atoms with Crippen molar-refractivity contribution in [2.75, 3.05) is 5.32 Å². The second-order valence-electron chi connectivity index (χ2n) is 4.72. The highest BCUT2D eigenvalue weighted by molar-refractivity contribution is 9.10. The van der Waals surface area contributed by atoms with Crippen LogP contribution in [0.1, 0.15) is 20.8 Å². The largest absolute Gasteiger partial charge is 0.444 e. The predicted molar refractivity (Wildman–Crippen MR) is 77.2 cm³/mol. The van der Waals surface area contributed by atoms with Crippen molar-refractivity contribution < 1.29 is 9.53 Å². The maximum Gasteiger partial charge on any atom is 0.412 e. The third-order valence-corrected chi connectivity index (χ3v) is 4.10. The van der Waals surface area contributed by atoms with Crippen LogP contribution in [0, 0.1) is 0 Å². The molecule has 2 heterocycles. The molecule has 0 atom stereocenters. The van der Waals surface area contributed by atoms with Gasteiger partial charge in [-0.2, -0.15) is 0 Å². The topological polar surface area (TPSA) is 51.2 Å². The van der Waals surface area contributed by atoms with Crippen molar-refractivity contribution in [2.45, 2.75) is 26.4 Å². The third-order valence-electron chi connectivity index (χ3n) is 2.00. The molecule has 0 aliphatic rings. The number of anilines is 1. The number of rotatable bonds is 1. The monoisotopic (exact) mass is 328 g/mol. The summed E-state index contributed by atoms with van der Waals surface area (Å²) in [6.07, 6.45) is 1.26. The highest BCUT2D eigenvalue weighted by Gasteiger charge is 2.19. The number of hydrogen-bond acceptors (Lipinski definition) is 4. The van der Waals surface area contributed by atoms with Gasteiger partial charge in [0.25, 0.3) is 0 Å². The Balaban J connectivity index is 2.22. The van der Waals surface area contributed by atoms with Gasteiger partial charge in [-0.05, 0) is 48.8 Å². The molecular weight excluding hydrogens is 316 g/mol. The lowest BCUT2D eigenvalue weighted by Crippen LogP contribution is -2.27. The Labute approximate surface area is 117 Å². The summed E-state index contributed by atoms with van der Waals surface area (Å²) < 4.78 is 7.00. The Morgan fingerprint density at radius 1 is 1.50 bits per heavy atom. The molecule has 2 aromatic rings. The van der Waals surface area contributed by atoms with Crippen molar-refractivity contribution in [2.24, 2.45) is 0 Å². The van der Waals surface area contributed by atoms with E-state index in [1.54, 1.807) is 6.20 Å². The first-order chi connectivity index (χ1) is 8.37. The van der Waals surface area contributed by atoms with Crippen molar-refractivity contribution in [3.05, 3.63) is 22.8 Å². The Morgan fingerprint density at radius 2 is 2.22 bits per heavy atom. The van der Waals surface area contributed by atoms with Gasteiger partial charge in [0.15, 0.2) is 0 Å². The quantitative estimate of drug-likeness (QED) is 0.843. The van der Waals surface area contributed by atoms with Crippen molar-refractivity contribution in [3.8, 4) is 0 Å². The molecule has 6 heteroatoms. The maximum atomic E-state index is 11.7. The van der Waals surface area contributed by atoms with E-state index in [1.807, 2.05) is 32.9 Å². The van der Waals surface area contributed by atoms with Crippen LogP contribution in [0.25, 0.3) is 10.2 Å². The highest BCUT2D eigenvalue weighted by Crippen LogP contribution is 2.38. The van der Waals surface area contributed by atoms with Gasteiger partial charge in [0.05, 0.1) is 14.7 Å². The van der Waals surface area contributed by atoms with Crippen molar-refractivity contribution in [1.29, 1.82) is 0 Å². The van der Waals surface area contributed by atoms with Gasteiger partial charge >= 0.3 is 6.09 Å². The molecule has 2 aromatic heterocycles. The Bertz CT molecular complexity index is 589. The molecule has 0 spiro atoms. The molecule has 1 N–H and O–H groups in total. The van der Waals surface area contributed by atoms with Crippen LogP contribution >= 0.6 is 27.3 Å². The van der Waals surface area contributed by atoms with Gasteiger partial charge in [0, 0.05) is 6.20 Å². The zero-order chi connectivity index (χ0) is 13.3. The van der Waals surface area contributed by atoms with E-state index in [9.17, 15) is 4.79 Å². The van der Waals surface area contributed by atoms with Crippen LogP contribution in [-0.4, -0.2) is 16.7 Å². The number of pyridine rings is 1. The molecule has 0 aromatic carbocycles. The van der Waals surface area contributed by atoms with Gasteiger partial charge in [-0.15, -0.1) is 11.3 Å². The predicted octanol–water partition coefficient (Wildman–Crippen LogP) is 4.41. The number of carbonyl (C=O) groups is 1. The molecule has 1 amide bonds. The molecule has 0 unspecified atom stereocenters. The number of nitrogens with zero attached hydrogens (tertiary/aromatic N) is 1. The van der Waals surface area contributed by atoms with Gasteiger partial charge in [-0.1, -0.05) is 0 Å². The lowest BCUT2D eigenvalue weighted by Gasteiger charge is -2.19. The minimum atomic E-state index is -0.508. The summed E-state index contributed by atoms with van der Waals surface area (Å²) in [5.41, 5.74) is 0.333. The molecule has 0 radical (unpaired) electrons. The first-order valence-electron chi connectivity index (χ1n) is 5.40.